The molecule has 0 aliphatic rings. The standard InChI is InChI=1S/C12H14FN3/c1-3-8-6-10(16-14)11-9(13)5-4-7(2)12(11)15-8/h4-6H,3,14H2,1-2H3,(H,15,16). The largest absolute Gasteiger partial charge is 0.323 e. The summed E-state index contributed by atoms with van der Waals surface area (Å²) in [5, 5.41) is 0.458. The van der Waals surface area contributed by atoms with E-state index in [1.807, 2.05) is 13.8 Å². The number of anilines is 1. The summed E-state index contributed by atoms with van der Waals surface area (Å²) in [5.74, 6) is 5.11. The molecule has 0 saturated heterocycles. The Morgan fingerprint density at radius 2 is 2.19 bits per heavy atom. The maximum atomic E-state index is 13.7. The number of rotatable bonds is 2. The number of aromatic nitrogens is 1. The van der Waals surface area contributed by atoms with E-state index in [4.69, 9.17) is 5.84 Å². The van der Waals surface area contributed by atoms with Crippen LogP contribution in [0.15, 0.2) is 18.2 Å². The van der Waals surface area contributed by atoms with Crippen LogP contribution in [0.3, 0.4) is 0 Å². The second kappa shape index (κ2) is 4.06. The van der Waals surface area contributed by atoms with Gasteiger partial charge in [-0.25, -0.2) is 4.39 Å². The van der Waals surface area contributed by atoms with Crippen molar-refractivity contribution in [2.45, 2.75) is 20.3 Å². The lowest BCUT2D eigenvalue weighted by Crippen LogP contribution is -2.09. The van der Waals surface area contributed by atoms with Gasteiger partial charge >= 0.3 is 0 Å². The fourth-order valence-electron chi connectivity index (χ4n) is 1.78. The van der Waals surface area contributed by atoms with Crippen molar-refractivity contribution in [1.82, 2.24) is 4.98 Å². The molecule has 0 aliphatic carbocycles. The number of hydrazine groups is 1. The molecule has 4 heteroatoms. The van der Waals surface area contributed by atoms with Gasteiger partial charge in [-0.2, -0.15) is 0 Å². The van der Waals surface area contributed by atoms with Gasteiger partial charge in [0.2, 0.25) is 0 Å². The van der Waals surface area contributed by atoms with Gasteiger partial charge in [0.15, 0.2) is 0 Å². The summed E-state index contributed by atoms with van der Waals surface area (Å²) in [7, 11) is 0. The zero-order valence-corrected chi connectivity index (χ0v) is 9.34. The number of halogens is 1. The maximum Gasteiger partial charge on any atom is 0.134 e. The minimum Gasteiger partial charge on any atom is -0.323 e. The van der Waals surface area contributed by atoms with Crippen molar-refractivity contribution >= 4 is 16.6 Å². The van der Waals surface area contributed by atoms with Crippen LogP contribution in [0.1, 0.15) is 18.2 Å². The first kappa shape index (κ1) is 10.8. The molecule has 3 N–H and O–H groups in total. The van der Waals surface area contributed by atoms with Crippen LogP contribution in [-0.4, -0.2) is 4.98 Å². The number of aryl methyl sites for hydroxylation is 2. The van der Waals surface area contributed by atoms with Gasteiger partial charge in [0.05, 0.1) is 16.6 Å². The van der Waals surface area contributed by atoms with E-state index in [9.17, 15) is 4.39 Å². The number of fused-ring (bicyclic) bond motifs is 1. The van der Waals surface area contributed by atoms with E-state index in [2.05, 4.69) is 10.4 Å². The molecule has 84 valence electrons. The second-order valence-corrected chi connectivity index (χ2v) is 3.75. The van der Waals surface area contributed by atoms with Crippen LogP contribution in [-0.2, 0) is 6.42 Å². The lowest BCUT2D eigenvalue weighted by Gasteiger charge is -2.10. The van der Waals surface area contributed by atoms with Crippen LogP contribution >= 0.6 is 0 Å². The van der Waals surface area contributed by atoms with Crippen molar-refractivity contribution in [2.75, 3.05) is 5.43 Å². The van der Waals surface area contributed by atoms with Crippen molar-refractivity contribution < 1.29 is 4.39 Å². The van der Waals surface area contributed by atoms with Gasteiger partial charge in [0.25, 0.3) is 0 Å². The quantitative estimate of drug-likeness (QED) is 0.602. The molecule has 0 radical (unpaired) electrons. The Labute approximate surface area is 93.5 Å². The highest BCUT2D eigenvalue weighted by Gasteiger charge is 2.10. The average molecular weight is 219 g/mol. The van der Waals surface area contributed by atoms with E-state index in [-0.39, 0.29) is 5.82 Å². The smallest absolute Gasteiger partial charge is 0.134 e. The first-order chi connectivity index (χ1) is 7.67. The van der Waals surface area contributed by atoms with Gasteiger partial charge in [-0.1, -0.05) is 13.0 Å². The normalized spacial score (nSPS) is 10.8. The Kier molecular flexibility index (Phi) is 2.75. The van der Waals surface area contributed by atoms with E-state index in [1.54, 1.807) is 12.1 Å². The molecule has 0 bridgehead atoms. The van der Waals surface area contributed by atoms with Gasteiger partial charge < -0.3 is 5.43 Å². The highest BCUT2D eigenvalue weighted by Crippen LogP contribution is 2.27. The minimum absolute atomic E-state index is 0.302. The molecule has 0 aliphatic heterocycles. The average Bonchev–Trinajstić information content (AvgIpc) is 2.32. The summed E-state index contributed by atoms with van der Waals surface area (Å²) in [5.41, 5.74) is 5.64. The predicted molar refractivity (Wildman–Crippen MR) is 63.6 cm³/mol. The van der Waals surface area contributed by atoms with E-state index < -0.39 is 0 Å². The third-order valence-electron chi connectivity index (χ3n) is 2.68. The predicted octanol–water partition coefficient (Wildman–Crippen LogP) is 2.53. The first-order valence-electron chi connectivity index (χ1n) is 5.22. The van der Waals surface area contributed by atoms with E-state index >= 15 is 0 Å². The summed E-state index contributed by atoms with van der Waals surface area (Å²) in [6, 6.07) is 4.95. The van der Waals surface area contributed by atoms with Gasteiger partial charge in [0.1, 0.15) is 5.82 Å². The zero-order valence-electron chi connectivity index (χ0n) is 9.34. The summed E-state index contributed by atoms with van der Waals surface area (Å²) in [6.45, 7) is 3.91. The molecule has 3 nitrogen and oxygen atoms in total. The van der Waals surface area contributed by atoms with Gasteiger partial charge in [-0.15, -0.1) is 0 Å². The third-order valence-corrected chi connectivity index (χ3v) is 2.68. The van der Waals surface area contributed by atoms with Crippen molar-refractivity contribution in [3.63, 3.8) is 0 Å². The Morgan fingerprint density at radius 3 is 2.81 bits per heavy atom. The van der Waals surface area contributed by atoms with E-state index in [0.29, 0.717) is 16.6 Å². The van der Waals surface area contributed by atoms with Gasteiger partial charge in [-0.05, 0) is 31.0 Å². The van der Waals surface area contributed by atoms with Gasteiger partial charge in [-0.3, -0.25) is 10.8 Å². The lowest BCUT2D eigenvalue weighted by molar-refractivity contribution is 0.639. The monoisotopic (exact) mass is 219 g/mol. The molecule has 1 aromatic carbocycles. The van der Waals surface area contributed by atoms with Crippen molar-refractivity contribution in [1.29, 1.82) is 0 Å². The zero-order chi connectivity index (χ0) is 11.7. The molecular weight excluding hydrogens is 205 g/mol. The van der Waals surface area contributed by atoms with Crippen LogP contribution < -0.4 is 11.3 Å². The summed E-state index contributed by atoms with van der Waals surface area (Å²) in [4.78, 5) is 4.43. The number of nitrogens with two attached hydrogens (primary N) is 1. The number of nitrogens with zero attached hydrogens (tertiary/aromatic N) is 1. The van der Waals surface area contributed by atoms with E-state index in [1.165, 1.54) is 6.07 Å². The molecule has 2 rings (SSSR count). The number of nitrogens with one attached hydrogen (secondary N) is 1. The highest BCUT2D eigenvalue weighted by atomic mass is 19.1. The molecule has 0 saturated carbocycles. The third kappa shape index (κ3) is 1.61. The number of benzene rings is 1. The van der Waals surface area contributed by atoms with Crippen LogP contribution in [0.5, 0.6) is 0 Å². The molecule has 0 atom stereocenters. The number of hydrogen-bond donors (Lipinski definition) is 2. The number of nitrogen functional groups attached to an aromatic ring is 1. The van der Waals surface area contributed by atoms with Crippen LogP contribution in [0.4, 0.5) is 10.1 Å². The Morgan fingerprint density at radius 1 is 1.44 bits per heavy atom. The minimum atomic E-state index is -0.302. The first-order valence-corrected chi connectivity index (χ1v) is 5.22. The molecule has 0 amide bonds. The fraction of sp³-hybridized carbons (Fsp3) is 0.250. The highest BCUT2D eigenvalue weighted by molar-refractivity contribution is 5.93. The SMILES string of the molecule is CCc1cc(NN)c2c(F)ccc(C)c2n1. The van der Waals surface area contributed by atoms with Crippen molar-refractivity contribution in [3.8, 4) is 0 Å². The molecular formula is C12H14FN3. The van der Waals surface area contributed by atoms with Crippen LogP contribution in [0.25, 0.3) is 10.9 Å². The van der Waals surface area contributed by atoms with Crippen LogP contribution in [0.2, 0.25) is 0 Å². The van der Waals surface area contributed by atoms with Crippen LogP contribution in [0, 0.1) is 12.7 Å². The molecule has 0 spiro atoms. The summed E-state index contributed by atoms with van der Waals surface area (Å²) < 4.78 is 13.7. The molecule has 0 unspecified atom stereocenters. The maximum absolute atomic E-state index is 13.7. The second-order valence-electron chi connectivity index (χ2n) is 3.75. The van der Waals surface area contributed by atoms with Gasteiger partial charge in [0, 0.05) is 5.69 Å². The summed E-state index contributed by atoms with van der Waals surface area (Å²) >= 11 is 0. The molecule has 16 heavy (non-hydrogen) atoms. The Bertz CT molecular complexity index is 537. The number of hydrogen-bond acceptors (Lipinski definition) is 3. The Balaban J connectivity index is 2.88. The molecule has 1 aromatic heterocycles. The number of pyridine rings is 1. The van der Waals surface area contributed by atoms with Crippen molar-refractivity contribution in [2.24, 2.45) is 5.84 Å². The molecule has 0 fully saturated rings. The topological polar surface area (TPSA) is 50.9 Å². The van der Waals surface area contributed by atoms with E-state index in [0.717, 1.165) is 17.7 Å². The lowest BCUT2D eigenvalue weighted by atomic mass is 10.1. The molecule has 2 aromatic rings. The molecule has 1 heterocycles. The van der Waals surface area contributed by atoms with Crippen molar-refractivity contribution in [3.05, 3.63) is 35.3 Å². The fourth-order valence-corrected chi connectivity index (χ4v) is 1.78. The summed E-state index contributed by atoms with van der Waals surface area (Å²) in [6.07, 6.45) is 0.792. The Hall–Kier alpha value is -1.68.